The largest absolute Gasteiger partial charge is 0.462 e. The van der Waals surface area contributed by atoms with E-state index in [1.54, 1.807) is 19.1 Å². The molecule has 0 atom stereocenters. The highest BCUT2D eigenvalue weighted by molar-refractivity contribution is 6.05. The van der Waals surface area contributed by atoms with Crippen LogP contribution in [0.2, 0.25) is 0 Å². The minimum atomic E-state index is -1.16. The number of esters is 1. The van der Waals surface area contributed by atoms with Crippen LogP contribution in [-0.4, -0.2) is 28.4 Å². The van der Waals surface area contributed by atoms with E-state index in [1.807, 2.05) is 51.1 Å². The first-order valence-corrected chi connectivity index (χ1v) is 11.4. The van der Waals surface area contributed by atoms with Gasteiger partial charge in [-0.3, -0.25) is 5.32 Å². The molecule has 4 aromatic rings. The SMILES string of the molecule is CCOC(=O)c1cc(-n2nc(C(C)(C)C)cc2NC(=O)Nc2cccc(F)c2F)cc2ccccc12. The average molecular weight is 493 g/mol. The van der Waals surface area contributed by atoms with E-state index in [1.165, 1.54) is 16.8 Å². The highest BCUT2D eigenvalue weighted by atomic mass is 19.2. The third kappa shape index (κ3) is 5.05. The molecule has 3 aromatic carbocycles. The fourth-order valence-corrected chi connectivity index (χ4v) is 3.70. The molecular weight excluding hydrogens is 466 g/mol. The summed E-state index contributed by atoms with van der Waals surface area (Å²) in [5.41, 5.74) is 0.869. The number of halogens is 2. The number of aromatic nitrogens is 2. The molecule has 4 rings (SSSR count). The molecule has 36 heavy (non-hydrogen) atoms. The zero-order valence-corrected chi connectivity index (χ0v) is 20.4. The van der Waals surface area contributed by atoms with Gasteiger partial charge in [-0.05, 0) is 42.0 Å². The Balaban J connectivity index is 1.79. The Morgan fingerprint density at radius 3 is 2.47 bits per heavy atom. The van der Waals surface area contributed by atoms with Crippen molar-refractivity contribution < 1.29 is 23.1 Å². The normalized spacial score (nSPS) is 11.4. The van der Waals surface area contributed by atoms with Crippen molar-refractivity contribution >= 4 is 34.3 Å². The summed E-state index contributed by atoms with van der Waals surface area (Å²) >= 11 is 0. The number of urea groups is 1. The smallest absolute Gasteiger partial charge is 0.338 e. The third-order valence-electron chi connectivity index (χ3n) is 5.51. The number of carbonyl (C=O) groups is 2. The molecule has 7 nitrogen and oxygen atoms in total. The summed E-state index contributed by atoms with van der Waals surface area (Å²) in [4.78, 5) is 25.5. The third-order valence-corrected chi connectivity index (χ3v) is 5.51. The summed E-state index contributed by atoms with van der Waals surface area (Å²) in [6.45, 7) is 7.86. The van der Waals surface area contributed by atoms with Gasteiger partial charge in [-0.25, -0.2) is 23.1 Å². The minimum absolute atomic E-state index is 0.219. The van der Waals surface area contributed by atoms with E-state index in [0.29, 0.717) is 16.9 Å². The van der Waals surface area contributed by atoms with Crippen molar-refractivity contribution in [3.63, 3.8) is 0 Å². The standard InChI is InChI=1S/C27H26F2N4O3/c1-5-36-25(34)19-14-17(13-16-9-6-7-10-18(16)19)33-23(15-22(32-33)27(2,3)4)31-26(35)30-21-12-8-11-20(28)24(21)29/h6-15H,5H2,1-4H3,(H2,30,31,35). The van der Waals surface area contributed by atoms with Crippen LogP contribution >= 0.6 is 0 Å². The van der Waals surface area contributed by atoms with Gasteiger partial charge in [0.1, 0.15) is 5.82 Å². The Labute approximate surface area is 207 Å². The average Bonchev–Trinajstić information content (AvgIpc) is 3.25. The van der Waals surface area contributed by atoms with Gasteiger partial charge in [0.05, 0.1) is 29.2 Å². The molecule has 0 radical (unpaired) electrons. The molecule has 0 spiro atoms. The molecule has 0 aliphatic carbocycles. The van der Waals surface area contributed by atoms with Crippen LogP contribution < -0.4 is 10.6 Å². The van der Waals surface area contributed by atoms with Crippen LogP contribution in [0.5, 0.6) is 0 Å². The molecule has 0 saturated carbocycles. The first-order chi connectivity index (χ1) is 17.1. The summed E-state index contributed by atoms with van der Waals surface area (Å²) < 4.78 is 34.4. The van der Waals surface area contributed by atoms with Crippen molar-refractivity contribution in [3.05, 3.63) is 83.6 Å². The maximum atomic E-state index is 14.1. The molecule has 0 unspecified atom stereocenters. The topological polar surface area (TPSA) is 85.2 Å². The molecule has 0 aliphatic heterocycles. The van der Waals surface area contributed by atoms with Gasteiger partial charge in [0, 0.05) is 11.5 Å². The Morgan fingerprint density at radius 2 is 1.75 bits per heavy atom. The Bertz CT molecular complexity index is 1460. The summed E-state index contributed by atoms with van der Waals surface area (Å²) in [6.07, 6.45) is 0. The molecule has 9 heteroatoms. The van der Waals surface area contributed by atoms with Gasteiger partial charge in [0.2, 0.25) is 0 Å². The van der Waals surface area contributed by atoms with Crippen LogP contribution in [0.15, 0.2) is 60.7 Å². The van der Waals surface area contributed by atoms with Gasteiger partial charge >= 0.3 is 12.0 Å². The first kappa shape index (κ1) is 24.8. The number of carbonyl (C=O) groups excluding carboxylic acids is 2. The van der Waals surface area contributed by atoms with E-state index in [9.17, 15) is 18.4 Å². The van der Waals surface area contributed by atoms with Gasteiger partial charge < -0.3 is 10.1 Å². The number of anilines is 2. The van der Waals surface area contributed by atoms with Crippen molar-refractivity contribution in [1.29, 1.82) is 0 Å². The van der Waals surface area contributed by atoms with E-state index in [2.05, 4.69) is 15.7 Å². The van der Waals surface area contributed by atoms with E-state index in [4.69, 9.17) is 4.74 Å². The van der Waals surface area contributed by atoms with Crippen molar-refractivity contribution in [3.8, 4) is 5.69 Å². The zero-order chi connectivity index (χ0) is 26.0. The van der Waals surface area contributed by atoms with Gasteiger partial charge in [0.15, 0.2) is 11.6 Å². The number of hydrogen-bond donors (Lipinski definition) is 2. The number of rotatable bonds is 5. The second kappa shape index (κ2) is 9.77. The van der Waals surface area contributed by atoms with E-state index in [0.717, 1.165) is 16.8 Å². The van der Waals surface area contributed by atoms with Crippen LogP contribution in [0.1, 0.15) is 43.7 Å². The lowest BCUT2D eigenvalue weighted by Crippen LogP contribution is -2.22. The Kier molecular flexibility index (Phi) is 6.74. The van der Waals surface area contributed by atoms with Crippen molar-refractivity contribution in [1.82, 2.24) is 9.78 Å². The Morgan fingerprint density at radius 1 is 1.00 bits per heavy atom. The van der Waals surface area contributed by atoms with E-state index < -0.39 is 23.6 Å². The fraction of sp³-hybridized carbons (Fsp3) is 0.222. The maximum Gasteiger partial charge on any atom is 0.338 e. The van der Waals surface area contributed by atoms with Gasteiger partial charge in [-0.1, -0.05) is 51.1 Å². The van der Waals surface area contributed by atoms with Gasteiger partial charge in [-0.2, -0.15) is 5.10 Å². The van der Waals surface area contributed by atoms with Crippen LogP contribution in [0, 0.1) is 11.6 Å². The quantitative estimate of drug-likeness (QED) is 0.315. The molecule has 2 amide bonds. The highest BCUT2D eigenvalue weighted by Gasteiger charge is 2.23. The lowest BCUT2D eigenvalue weighted by atomic mass is 9.92. The number of ether oxygens (including phenoxy) is 1. The first-order valence-electron chi connectivity index (χ1n) is 11.4. The Hall–Kier alpha value is -4.27. The maximum absolute atomic E-state index is 14.1. The lowest BCUT2D eigenvalue weighted by Gasteiger charge is -2.15. The molecule has 0 saturated heterocycles. The van der Waals surface area contributed by atoms with Gasteiger partial charge in [-0.15, -0.1) is 0 Å². The lowest BCUT2D eigenvalue weighted by molar-refractivity contribution is 0.0528. The van der Waals surface area contributed by atoms with Crippen LogP contribution in [-0.2, 0) is 10.2 Å². The summed E-state index contributed by atoms with van der Waals surface area (Å²) in [5, 5.41) is 11.2. The van der Waals surface area contributed by atoms with Gasteiger partial charge in [0.25, 0.3) is 0 Å². The van der Waals surface area contributed by atoms with Crippen LogP contribution in [0.25, 0.3) is 16.5 Å². The predicted molar refractivity (Wildman–Crippen MR) is 135 cm³/mol. The molecule has 0 bridgehead atoms. The second-order valence-corrected chi connectivity index (χ2v) is 9.19. The van der Waals surface area contributed by atoms with Crippen LogP contribution in [0.4, 0.5) is 25.1 Å². The number of nitrogens with zero attached hydrogens (tertiary/aromatic N) is 2. The van der Waals surface area contributed by atoms with Crippen molar-refractivity contribution in [2.45, 2.75) is 33.1 Å². The molecule has 1 aromatic heterocycles. The van der Waals surface area contributed by atoms with E-state index >= 15 is 0 Å². The summed E-state index contributed by atoms with van der Waals surface area (Å²) in [5.74, 6) is -2.44. The number of nitrogens with one attached hydrogen (secondary N) is 2. The highest BCUT2D eigenvalue weighted by Crippen LogP contribution is 2.30. The fourth-order valence-electron chi connectivity index (χ4n) is 3.70. The molecule has 0 aliphatic rings. The second-order valence-electron chi connectivity index (χ2n) is 9.19. The molecule has 1 heterocycles. The molecular formula is C27H26F2N4O3. The van der Waals surface area contributed by atoms with Crippen molar-refractivity contribution in [2.75, 3.05) is 17.2 Å². The minimum Gasteiger partial charge on any atom is -0.462 e. The van der Waals surface area contributed by atoms with Crippen LogP contribution in [0.3, 0.4) is 0 Å². The number of hydrogen-bond acceptors (Lipinski definition) is 4. The monoisotopic (exact) mass is 492 g/mol. The molecule has 186 valence electrons. The zero-order valence-electron chi connectivity index (χ0n) is 20.4. The number of fused-ring (bicyclic) bond motifs is 1. The summed E-state index contributed by atoms with van der Waals surface area (Å²) in [7, 11) is 0. The number of amides is 2. The van der Waals surface area contributed by atoms with E-state index in [-0.39, 0.29) is 23.5 Å². The molecule has 2 N–H and O–H groups in total. The summed E-state index contributed by atoms with van der Waals surface area (Å²) in [6, 6.07) is 15.3. The molecule has 0 fully saturated rings. The number of benzene rings is 3. The van der Waals surface area contributed by atoms with Crippen molar-refractivity contribution in [2.24, 2.45) is 0 Å². The predicted octanol–water partition coefficient (Wildman–Crippen LogP) is 6.42.